The number of nitrogens with one attached hydrogen (secondary N) is 1. The van der Waals surface area contributed by atoms with Crippen molar-refractivity contribution in [2.45, 2.75) is 45.1 Å². The van der Waals surface area contributed by atoms with Gasteiger partial charge in [-0.2, -0.15) is 0 Å². The molecule has 3 rings (SSSR count). The molecule has 2 aromatic rings. The van der Waals surface area contributed by atoms with Crippen molar-refractivity contribution >= 4 is 19.7 Å². The minimum absolute atomic E-state index is 0.104. The second kappa shape index (κ2) is 12.2. The summed E-state index contributed by atoms with van der Waals surface area (Å²) in [5.41, 5.74) is 4.40. The monoisotopic (exact) mass is 489 g/mol. The van der Waals surface area contributed by atoms with E-state index in [1.54, 1.807) is 13.8 Å². The molecule has 1 atom stereocenters. The maximum absolute atomic E-state index is 12.5. The highest BCUT2D eigenvalue weighted by Gasteiger charge is 2.30. The highest BCUT2D eigenvalue weighted by Crippen LogP contribution is 2.48. The molecule has 1 aliphatic carbocycles. The van der Waals surface area contributed by atoms with Crippen LogP contribution in [-0.4, -0.2) is 49.2 Å². The van der Waals surface area contributed by atoms with Crippen LogP contribution in [0.4, 0.5) is 4.79 Å². The Kier molecular flexibility index (Phi) is 9.28. The summed E-state index contributed by atoms with van der Waals surface area (Å²) < 4.78 is 28.4. The number of carboxylic acids is 1. The van der Waals surface area contributed by atoms with E-state index in [-0.39, 0.29) is 38.3 Å². The van der Waals surface area contributed by atoms with E-state index in [1.165, 1.54) is 0 Å². The minimum atomic E-state index is -3.17. The fraction of sp³-hybridized carbons (Fsp3) is 0.440. The zero-order valence-corrected chi connectivity index (χ0v) is 20.5. The number of rotatable bonds is 13. The quantitative estimate of drug-likeness (QED) is 0.286. The maximum atomic E-state index is 12.5. The summed E-state index contributed by atoms with van der Waals surface area (Å²) in [6.45, 7) is 4.14. The third-order valence-corrected chi connectivity index (χ3v) is 7.93. The van der Waals surface area contributed by atoms with Gasteiger partial charge in [0.1, 0.15) is 12.6 Å². The number of ether oxygens (including phenoxy) is 1. The molecule has 184 valence electrons. The number of carbonyl (C=O) groups is 2. The van der Waals surface area contributed by atoms with Gasteiger partial charge in [-0.25, -0.2) is 9.59 Å². The largest absolute Gasteiger partial charge is 0.480 e. The van der Waals surface area contributed by atoms with E-state index in [4.69, 9.17) is 13.8 Å². The van der Waals surface area contributed by atoms with Gasteiger partial charge in [0.25, 0.3) is 0 Å². The molecule has 9 heteroatoms. The van der Waals surface area contributed by atoms with Gasteiger partial charge in [0, 0.05) is 5.92 Å². The highest BCUT2D eigenvalue weighted by atomic mass is 31.2. The number of carboxylic acid groups (broad SMARTS) is 1. The Morgan fingerprint density at radius 3 is 2.06 bits per heavy atom. The fourth-order valence-electron chi connectivity index (χ4n) is 4.25. The number of amides is 1. The first-order valence-electron chi connectivity index (χ1n) is 11.6. The Balaban J connectivity index is 1.52. The molecule has 0 saturated heterocycles. The summed E-state index contributed by atoms with van der Waals surface area (Å²) in [5.74, 6) is -1.25. The molecule has 0 spiro atoms. The van der Waals surface area contributed by atoms with Crippen LogP contribution in [0.5, 0.6) is 0 Å². The topological polar surface area (TPSA) is 111 Å². The lowest BCUT2D eigenvalue weighted by atomic mass is 9.98. The van der Waals surface area contributed by atoms with E-state index < -0.39 is 25.7 Å². The molecule has 0 aromatic heterocycles. The number of benzene rings is 2. The summed E-state index contributed by atoms with van der Waals surface area (Å²) in [6.07, 6.45) is 0.491. The molecule has 2 N–H and O–H groups in total. The molecule has 0 radical (unpaired) electrons. The van der Waals surface area contributed by atoms with E-state index >= 15 is 0 Å². The molecule has 1 unspecified atom stereocenters. The molecule has 2 aromatic carbocycles. The Morgan fingerprint density at radius 2 is 1.53 bits per heavy atom. The normalized spacial score (nSPS) is 13.7. The van der Waals surface area contributed by atoms with Gasteiger partial charge in [-0.15, -0.1) is 0 Å². The maximum Gasteiger partial charge on any atom is 0.407 e. The summed E-state index contributed by atoms with van der Waals surface area (Å²) >= 11 is 0. The molecule has 8 nitrogen and oxygen atoms in total. The SMILES string of the molecule is CCOP(=O)(CCCCC(NC(=O)OCC1c2ccccc2-c2ccccc21)C(=O)O)OCC. The highest BCUT2D eigenvalue weighted by molar-refractivity contribution is 7.53. The lowest BCUT2D eigenvalue weighted by Gasteiger charge is -2.19. The summed E-state index contributed by atoms with van der Waals surface area (Å²) in [6, 6.07) is 14.9. The number of hydrogen-bond acceptors (Lipinski definition) is 6. The van der Waals surface area contributed by atoms with Gasteiger partial charge < -0.3 is 24.2 Å². The van der Waals surface area contributed by atoms with Crippen molar-refractivity contribution in [3.63, 3.8) is 0 Å². The molecular weight excluding hydrogens is 457 g/mol. The average Bonchev–Trinajstić information content (AvgIpc) is 3.13. The van der Waals surface area contributed by atoms with Crippen LogP contribution < -0.4 is 5.32 Å². The van der Waals surface area contributed by atoms with Crippen LogP contribution in [0.25, 0.3) is 11.1 Å². The molecule has 0 heterocycles. The third kappa shape index (κ3) is 6.47. The molecule has 1 aliphatic rings. The van der Waals surface area contributed by atoms with Crippen LogP contribution in [0.15, 0.2) is 48.5 Å². The zero-order chi connectivity index (χ0) is 24.6. The first-order chi connectivity index (χ1) is 16.4. The number of aliphatic carboxylic acids is 1. The summed E-state index contributed by atoms with van der Waals surface area (Å²) in [5, 5.41) is 12.0. The number of alkyl carbamates (subject to hydrolysis) is 1. The summed E-state index contributed by atoms with van der Waals surface area (Å²) in [7, 11) is -3.17. The Morgan fingerprint density at radius 1 is 0.971 bits per heavy atom. The molecule has 1 amide bonds. The first-order valence-corrected chi connectivity index (χ1v) is 13.3. The Hall–Kier alpha value is -2.67. The van der Waals surface area contributed by atoms with Gasteiger partial charge in [0.05, 0.1) is 19.4 Å². The number of hydrogen-bond donors (Lipinski definition) is 2. The van der Waals surface area contributed by atoms with Crippen LogP contribution in [0.1, 0.15) is 50.2 Å². The van der Waals surface area contributed by atoms with Gasteiger partial charge in [-0.3, -0.25) is 4.57 Å². The average molecular weight is 490 g/mol. The van der Waals surface area contributed by atoms with Crippen LogP contribution in [0, 0.1) is 0 Å². The predicted molar refractivity (Wildman–Crippen MR) is 129 cm³/mol. The minimum Gasteiger partial charge on any atom is -0.480 e. The Labute approximate surface area is 200 Å². The molecular formula is C25H32NO7P. The molecule has 0 aliphatic heterocycles. The van der Waals surface area contributed by atoms with Crippen molar-refractivity contribution in [2.24, 2.45) is 0 Å². The summed E-state index contributed by atoms with van der Waals surface area (Å²) in [4.78, 5) is 24.1. The second-order valence-electron chi connectivity index (χ2n) is 8.03. The van der Waals surface area contributed by atoms with Gasteiger partial charge in [-0.05, 0) is 48.9 Å². The van der Waals surface area contributed by atoms with E-state index in [9.17, 15) is 19.3 Å². The van der Waals surface area contributed by atoms with Crippen molar-refractivity contribution < 1.29 is 33.0 Å². The van der Waals surface area contributed by atoms with Crippen LogP contribution in [0.3, 0.4) is 0 Å². The lowest BCUT2D eigenvalue weighted by Crippen LogP contribution is -2.41. The zero-order valence-electron chi connectivity index (χ0n) is 19.6. The van der Waals surface area contributed by atoms with E-state index in [1.807, 2.05) is 48.5 Å². The van der Waals surface area contributed by atoms with E-state index in [2.05, 4.69) is 5.32 Å². The molecule has 0 bridgehead atoms. The standard InChI is InChI=1S/C25H32NO7P/c1-3-32-34(30,33-4-2)16-10-9-15-23(24(27)28)26-25(29)31-17-22-20-13-7-5-11-18(20)19-12-6-8-14-21(19)22/h5-8,11-14,22-23H,3-4,9-10,15-17H2,1-2H3,(H,26,29)(H,27,28). The third-order valence-electron chi connectivity index (χ3n) is 5.76. The van der Waals surface area contributed by atoms with Crippen molar-refractivity contribution in [1.82, 2.24) is 5.32 Å². The molecule has 0 fully saturated rings. The number of unbranched alkanes of at least 4 members (excludes halogenated alkanes) is 1. The van der Waals surface area contributed by atoms with Crippen LogP contribution in [0.2, 0.25) is 0 Å². The van der Waals surface area contributed by atoms with E-state index in [0.717, 1.165) is 22.3 Å². The fourth-order valence-corrected chi connectivity index (χ4v) is 5.98. The van der Waals surface area contributed by atoms with Crippen molar-refractivity contribution in [2.75, 3.05) is 26.0 Å². The van der Waals surface area contributed by atoms with Gasteiger partial charge >= 0.3 is 19.7 Å². The van der Waals surface area contributed by atoms with Gasteiger partial charge in [0.2, 0.25) is 0 Å². The predicted octanol–water partition coefficient (Wildman–Crippen LogP) is 5.41. The molecule has 34 heavy (non-hydrogen) atoms. The second-order valence-corrected chi connectivity index (χ2v) is 10.2. The smallest absolute Gasteiger partial charge is 0.407 e. The van der Waals surface area contributed by atoms with Crippen LogP contribution >= 0.6 is 7.60 Å². The number of fused-ring (bicyclic) bond motifs is 3. The van der Waals surface area contributed by atoms with Gasteiger partial charge in [-0.1, -0.05) is 55.0 Å². The van der Waals surface area contributed by atoms with Gasteiger partial charge in [0.15, 0.2) is 0 Å². The van der Waals surface area contributed by atoms with Crippen molar-refractivity contribution in [3.05, 3.63) is 59.7 Å². The van der Waals surface area contributed by atoms with Crippen LogP contribution in [-0.2, 0) is 23.1 Å². The molecule has 0 saturated carbocycles. The first kappa shape index (κ1) is 25.9. The van der Waals surface area contributed by atoms with Crippen molar-refractivity contribution in [3.8, 4) is 11.1 Å². The lowest BCUT2D eigenvalue weighted by molar-refractivity contribution is -0.139. The number of carbonyl (C=O) groups excluding carboxylic acids is 1. The Bertz CT molecular complexity index is 986. The van der Waals surface area contributed by atoms with Crippen molar-refractivity contribution in [1.29, 1.82) is 0 Å². The van der Waals surface area contributed by atoms with E-state index in [0.29, 0.717) is 12.8 Å².